The van der Waals surface area contributed by atoms with Crippen LogP contribution in [0.25, 0.3) is 0 Å². The molecule has 0 saturated carbocycles. The van der Waals surface area contributed by atoms with Crippen molar-refractivity contribution in [1.82, 2.24) is 10.6 Å². The van der Waals surface area contributed by atoms with E-state index in [4.69, 9.17) is 16.3 Å². The first-order chi connectivity index (χ1) is 6.20. The Kier molecular flexibility index (Phi) is 6.92. The molecule has 0 radical (unpaired) electrons. The number of nitrogens with one attached hydrogen (secondary N) is 2. The number of carbonyl (C=O) groups is 1. The highest BCUT2D eigenvalue weighted by atomic mass is 35.5. The molecule has 1 atom stereocenters. The summed E-state index contributed by atoms with van der Waals surface area (Å²) >= 11 is 5.50. The molecule has 2 N–H and O–H groups in total. The highest BCUT2D eigenvalue weighted by Crippen LogP contribution is 1.97. The summed E-state index contributed by atoms with van der Waals surface area (Å²) < 4.78 is 5.22. The minimum absolute atomic E-state index is 0. The van der Waals surface area contributed by atoms with Crippen LogP contribution in [0.5, 0.6) is 0 Å². The zero-order valence-electron chi connectivity index (χ0n) is 7.72. The van der Waals surface area contributed by atoms with Gasteiger partial charge in [-0.05, 0) is 0 Å². The van der Waals surface area contributed by atoms with Gasteiger partial charge < -0.3 is 15.4 Å². The van der Waals surface area contributed by atoms with Crippen molar-refractivity contribution in [2.24, 2.45) is 0 Å². The fourth-order valence-corrected chi connectivity index (χ4v) is 1.10. The maximum atomic E-state index is 11.3. The van der Waals surface area contributed by atoms with Crippen LogP contribution < -0.4 is 10.6 Å². The lowest BCUT2D eigenvalue weighted by Gasteiger charge is -2.22. The van der Waals surface area contributed by atoms with E-state index in [-0.39, 0.29) is 18.3 Å². The van der Waals surface area contributed by atoms with Crippen molar-refractivity contribution < 1.29 is 9.53 Å². The molecule has 1 heterocycles. The molecule has 1 aliphatic rings. The van der Waals surface area contributed by atoms with Gasteiger partial charge >= 0.3 is 0 Å². The number of hydrogen-bond acceptors (Lipinski definition) is 3. The zero-order valence-corrected chi connectivity index (χ0v) is 9.29. The summed E-state index contributed by atoms with van der Waals surface area (Å²) in [5, 5.41) is 6.09. The molecule has 0 bridgehead atoms. The van der Waals surface area contributed by atoms with Gasteiger partial charge in [-0.25, -0.2) is 0 Å². The topological polar surface area (TPSA) is 50.4 Å². The Hall–Kier alpha value is -0.290. The van der Waals surface area contributed by atoms with Crippen molar-refractivity contribution in [2.45, 2.75) is 6.10 Å². The Morgan fingerprint density at radius 2 is 2.43 bits per heavy atom. The molecule has 0 aliphatic carbocycles. The van der Waals surface area contributed by atoms with E-state index in [0.717, 1.165) is 6.54 Å². The quantitative estimate of drug-likeness (QED) is 0.745. The summed E-state index contributed by atoms with van der Waals surface area (Å²) in [6, 6.07) is 0. The number of amides is 1. The SMILES string of the molecule is C=C(Cl)CNC(=O)[C@H]1CNCCO1.Cl. The number of carbonyl (C=O) groups excluding carboxylic acids is 1. The van der Waals surface area contributed by atoms with Crippen LogP contribution in [0.1, 0.15) is 0 Å². The van der Waals surface area contributed by atoms with Crippen LogP contribution in [0.2, 0.25) is 0 Å². The van der Waals surface area contributed by atoms with E-state index in [1.807, 2.05) is 0 Å². The van der Waals surface area contributed by atoms with Gasteiger partial charge in [-0.2, -0.15) is 0 Å². The summed E-state index contributed by atoms with van der Waals surface area (Å²) in [6.07, 6.45) is -0.398. The summed E-state index contributed by atoms with van der Waals surface area (Å²) in [4.78, 5) is 11.3. The normalized spacial score (nSPS) is 20.8. The minimum atomic E-state index is -0.398. The molecule has 0 spiro atoms. The van der Waals surface area contributed by atoms with Crippen molar-refractivity contribution in [3.05, 3.63) is 11.6 Å². The Morgan fingerprint density at radius 3 is 2.93 bits per heavy atom. The molecule has 1 saturated heterocycles. The van der Waals surface area contributed by atoms with Crippen LogP contribution in [0, 0.1) is 0 Å². The van der Waals surface area contributed by atoms with Gasteiger partial charge in [0.25, 0.3) is 5.91 Å². The van der Waals surface area contributed by atoms with E-state index in [9.17, 15) is 4.79 Å². The van der Waals surface area contributed by atoms with Gasteiger partial charge in [0, 0.05) is 18.1 Å². The lowest BCUT2D eigenvalue weighted by Crippen LogP contribution is -2.48. The third-order valence-electron chi connectivity index (χ3n) is 1.67. The molecular formula is C8H14Cl2N2O2. The van der Waals surface area contributed by atoms with E-state index < -0.39 is 6.10 Å². The number of ether oxygens (including phenoxy) is 1. The summed E-state index contributed by atoms with van der Waals surface area (Å²) in [5.74, 6) is -0.144. The number of hydrogen-bond donors (Lipinski definition) is 2. The maximum Gasteiger partial charge on any atom is 0.250 e. The van der Waals surface area contributed by atoms with Gasteiger partial charge in [-0.15, -0.1) is 12.4 Å². The van der Waals surface area contributed by atoms with Crippen molar-refractivity contribution in [3.8, 4) is 0 Å². The monoisotopic (exact) mass is 240 g/mol. The fraction of sp³-hybridized carbons (Fsp3) is 0.625. The van der Waals surface area contributed by atoms with Crippen LogP contribution in [0.15, 0.2) is 11.6 Å². The number of halogens is 2. The second-order valence-corrected chi connectivity index (χ2v) is 3.33. The molecule has 1 amide bonds. The number of morpholine rings is 1. The van der Waals surface area contributed by atoms with E-state index >= 15 is 0 Å². The van der Waals surface area contributed by atoms with Crippen molar-refractivity contribution in [2.75, 3.05) is 26.2 Å². The van der Waals surface area contributed by atoms with Crippen LogP contribution in [-0.4, -0.2) is 38.3 Å². The molecule has 0 aromatic rings. The molecule has 1 fully saturated rings. The zero-order chi connectivity index (χ0) is 9.68. The molecule has 0 aromatic carbocycles. The highest BCUT2D eigenvalue weighted by molar-refractivity contribution is 6.29. The summed E-state index contributed by atoms with van der Waals surface area (Å²) in [5.41, 5.74) is 0. The molecule has 1 aliphatic heterocycles. The lowest BCUT2D eigenvalue weighted by molar-refractivity contribution is -0.133. The number of rotatable bonds is 3. The summed E-state index contributed by atoms with van der Waals surface area (Å²) in [6.45, 7) is 5.68. The first-order valence-electron chi connectivity index (χ1n) is 4.13. The molecule has 0 unspecified atom stereocenters. The van der Waals surface area contributed by atoms with E-state index in [2.05, 4.69) is 17.2 Å². The minimum Gasteiger partial charge on any atom is -0.366 e. The van der Waals surface area contributed by atoms with Gasteiger partial charge in [0.1, 0.15) is 6.10 Å². The standard InChI is InChI=1S/C8H13ClN2O2.ClH/c1-6(9)4-11-8(12)7-5-10-2-3-13-7;/h7,10H,1-5H2,(H,11,12);1H/t7-;/m1./s1. The van der Waals surface area contributed by atoms with Gasteiger partial charge in [0.05, 0.1) is 13.2 Å². The van der Waals surface area contributed by atoms with Gasteiger partial charge in [0.15, 0.2) is 0 Å². The molecule has 0 aromatic heterocycles. The van der Waals surface area contributed by atoms with Crippen LogP contribution in [-0.2, 0) is 9.53 Å². The van der Waals surface area contributed by atoms with E-state index in [1.54, 1.807) is 0 Å². The van der Waals surface area contributed by atoms with Crippen LogP contribution >= 0.6 is 24.0 Å². The Balaban J connectivity index is 0.00000169. The third kappa shape index (κ3) is 4.81. The molecule has 14 heavy (non-hydrogen) atoms. The largest absolute Gasteiger partial charge is 0.366 e. The van der Waals surface area contributed by atoms with Crippen LogP contribution in [0.4, 0.5) is 0 Å². The van der Waals surface area contributed by atoms with E-state index in [0.29, 0.717) is 24.7 Å². The highest BCUT2D eigenvalue weighted by Gasteiger charge is 2.20. The smallest absolute Gasteiger partial charge is 0.250 e. The fourth-order valence-electron chi connectivity index (χ4n) is 1.03. The van der Waals surface area contributed by atoms with E-state index in [1.165, 1.54) is 0 Å². The molecule has 6 heteroatoms. The molecule has 82 valence electrons. The second-order valence-electron chi connectivity index (χ2n) is 2.80. The molecule has 4 nitrogen and oxygen atoms in total. The predicted octanol–water partition coefficient (Wildman–Crippen LogP) is 0.265. The second kappa shape index (κ2) is 7.06. The third-order valence-corrected chi connectivity index (χ3v) is 1.81. The van der Waals surface area contributed by atoms with Gasteiger partial charge in [-0.1, -0.05) is 18.2 Å². The average molecular weight is 241 g/mol. The maximum absolute atomic E-state index is 11.3. The van der Waals surface area contributed by atoms with Gasteiger partial charge in [0.2, 0.25) is 0 Å². The van der Waals surface area contributed by atoms with Crippen molar-refractivity contribution in [3.63, 3.8) is 0 Å². The predicted molar refractivity (Wildman–Crippen MR) is 57.9 cm³/mol. The average Bonchev–Trinajstić information content (AvgIpc) is 2.15. The lowest BCUT2D eigenvalue weighted by atomic mass is 10.3. The Labute approximate surface area is 94.4 Å². The summed E-state index contributed by atoms with van der Waals surface area (Å²) in [7, 11) is 0. The van der Waals surface area contributed by atoms with Crippen LogP contribution in [0.3, 0.4) is 0 Å². The Morgan fingerprint density at radius 1 is 1.71 bits per heavy atom. The molecular weight excluding hydrogens is 227 g/mol. The van der Waals surface area contributed by atoms with Gasteiger partial charge in [-0.3, -0.25) is 4.79 Å². The van der Waals surface area contributed by atoms with Crippen molar-refractivity contribution >= 4 is 29.9 Å². The van der Waals surface area contributed by atoms with Crippen molar-refractivity contribution in [1.29, 1.82) is 0 Å². The first kappa shape index (κ1) is 13.7. The Bertz CT molecular complexity index is 206. The first-order valence-corrected chi connectivity index (χ1v) is 4.51. The molecule has 1 rings (SSSR count).